The smallest absolute Gasteiger partial charge is 0.261 e. The van der Waals surface area contributed by atoms with Crippen LogP contribution in [-0.2, 0) is 20.8 Å². The summed E-state index contributed by atoms with van der Waals surface area (Å²) < 4.78 is 5.16. The fraction of sp³-hybridized carbons (Fsp3) is 0.464. The molecule has 38 heavy (non-hydrogen) atoms. The number of piperazine rings is 1. The zero-order chi connectivity index (χ0) is 27.5. The molecule has 1 unspecified atom stereocenters. The van der Waals surface area contributed by atoms with Crippen molar-refractivity contribution < 1.29 is 23.9 Å². The molecule has 1 aliphatic heterocycles. The number of methoxy groups -OCH3 is 1. The quantitative estimate of drug-likeness (QED) is 0.396. The van der Waals surface area contributed by atoms with Crippen LogP contribution in [0.3, 0.4) is 0 Å². The number of imide groups is 1. The summed E-state index contributed by atoms with van der Waals surface area (Å²) in [5.74, 6) is -0.277. The van der Waals surface area contributed by atoms with Crippen LogP contribution in [0.25, 0.3) is 0 Å². The summed E-state index contributed by atoms with van der Waals surface area (Å²) in [5, 5.41) is 2.46. The number of rotatable bonds is 13. The minimum atomic E-state index is -1.04. The highest BCUT2D eigenvalue weighted by Crippen LogP contribution is 2.23. The molecule has 204 valence electrons. The van der Waals surface area contributed by atoms with Gasteiger partial charge in [0.05, 0.1) is 13.3 Å². The molecule has 0 spiro atoms. The maximum absolute atomic E-state index is 13.2. The molecule has 1 saturated heterocycles. The minimum absolute atomic E-state index is 0.0674. The number of carbonyl (C=O) groups is 4. The third-order valence-electron chi connectivity index (χ3n) is 6.91. The predicted molar refractivity (Wildman–Crippen MR) is 144 cm³/mol. The van der Waals surface area contributed by atoms with Crippen molar-refractivity contribution in [3.05, 3.63) is 53.3 Å². The number of aldehydes is 1. The van der Waals surface area contributed by atoms with Crippen LogP contribution >= 0.6 is 0 Å². The van der Waals surface area contributed by atoms with Gasteiger partial charge >= 0.3 is 0 Å². The van der Waals surface area contributed by atoms with Crippen LogP contribution in [-0.4, -0.2) is 92.2 Å². The van der Waals surface area contributed by atoms with Gasteiger partial charge in [-0.25, -0.2) is 0 Å². The fourth-order valence-electron chi connectivity index (χ4n) is 4.67. The molecule has 3 rings (SSSR count). The second-order valence-corrected chi connectivity index (χ2v) is 9.31. The molecular weight excluding hydrogens is 486 g/mol. The minimum Gasteiger partial charge on any atom is -0.495 e. The lowest BCUT2D eigenvalue weighted by molar-refractivity contribution is -0.131. The average molecular weight is 524 g/mol. The monoisotopic (exact) mass is 523 g/mol. The Labute approximate surface area is 223 Å². The van der Waals surface area contributed by atoms with Crippen LogP contribution in [0.2, 0.25) is 0 Å². The van der Waals surface area contributed by atoms with Gasteiger partial charge in [-0.3, -0.25) is 29.2 Å². The Morgan fingerprint density at radius 1 is 1.16 bits per heavy atom. The Morgan fingerprint density at radius 2 is 1.92 bits per heavy atom. The molecule has 2 aromatic rings. The maximum atomic E-state index is 13.2. The number of anilines is 1. The van der Waals surface area contributed by atoms with E-state index in [9.17, 15) is 19.2 Å². The van der Waals surface area contributed by atoms with Gasteiger partial charge in [-0.1, -0.05) is 0 Å². The number of carbonyl (C=O) groups excluding carboxylic acids is 4. The van der Waals surface area contributed by atoms with Gasteiger partial charge in [0.25, 0.3) is 5.91 Å². The molecule has 1 aliphatic rings. The number of ether oxygens (including phenoxy) is 1. The number of nitrogens with zero attached hydrogens (tertiary/aromatic N) is 4. The normalized spacial score (nSPS) is 14.4. The number of nitrogens with one attached hydrogen (secondary N) is 1. The number of hydrogen-bond acceptors (Lipinski definition) is 8. The number of amides is 3. The van der Waals surface area contributed by atoms with E-state index >= 15 is 0 Å². The predicted octanol–water partition coefficient (Wildman–Crippen LogP) is 1.85. The zero-order valence-corrected chi connectivity index (χ0v) is 22.4. The topological polar surface area (TPSA) is 112 Å². The molecule has 1 aromatic carbocycles. The van der Waals surface area contributed by atoms with E-state index < -0.39 is 17.9 Å². The first-order valence-corrected chi connectivity index (χ1v) is 12.9. The van der Waals surface area contributed by atoms with Crippen molar-refractivity contribution in [2.45, 2.75) is 38.6 Å². The van der Waals surface area contributed by atoms with Crippen molar-refractivity contribution in [1.29, 1.82) is 0 Å². The van der Waals surface area contributed by atoms with Gasteiger partial charge in [-0.2, -0.15) is 0 Å². The summed E-state index contributed by atoms with van der Waals surface area (Å²) in [5.41, 5.74) is 3.15. The Hall–Kier alpha value is -3.79. The highest BCUT2D eigenvalue weighted by Gasteiger charge is 2.30. The van der Waals surface area contributed by atoms with Crippen LogP contribution in [0.1, 0.15) is 40.9 Å². The molecule has 3 amide bonds. The summed E-state index contributed by atoms with van der Waals surface area (Å²) in [6.07, 6.45) is 4.88. The number of benzene rings is 1. The van der Waals surface area contributed by atoms with E-state index in [2.05, 4.69) is 20.1 Å². The first kappa shape index (κ1) is 28.8. The molecule has 0 saturated carbocycles. The van der Waals surface area contributed by atoms with Crippen molar-refractivity contribution in [1.82, 2.24) is 20.1 Å². The summed E-state index contributed by atoms with van der Waals surface area (Å²) in [6, 6.07) is 8.44. The Balaban J connectivity index is 1.56. The van der Waals surface area contributed by atoms with E-state index in [1.165, 1.54) is 7.05 Å². The third-order valence-corrected chi connectivity index (χ3v) is 6.91. The van der Waals surface area contributed by atoms with Crippen molar-refractivity contribution in [3.8, 4) is 5.75 Å². The van der Waals surface area contributed by atoms with Gasteiger partial charge < -0.3 is 19.7 Å². The SMILES string of the molecule is CNC(=O)C(CCC=O)N(C=O)C(=O)c1ccc(N2CCN(CCCc3ccc(OC)cn3)CC2)cc1C. The maximum Gasteiger partial charge on any atom is 0.261 e. The van der Waals surface area contributed by atoms with Gasteiger partial charge in [-0.05, 0) is 68.6 Å². The van der Waals surface area contributed by atoms with Gasteiger partial charge in [0, 0.05) is 56.6 Å². The number of hydrogen-bond donors (Lipinski definition) is 1. The van der Waals surface area contributed by atoms with Crippen LogP contribution in [0, 0.1) is 6.92 Å². The van der Waals surface area contributed by atoms with Gasteiger partial charge in [0.15, 0.2) is 0 Å². The second kappa shape index (κ2) is 14.2. The molecule has 1 fully saturated rings. The van der Waals surface area contributed by atoms with E-state index in [1.54, 1.807) is 19.4 Å². The molecule has 0 aliphatic carbocycles. The summed E-state index contributed by atoms with van der Waals surface area (Å²) >= 11 is 0. The van der Waals surface area contributed by atoms with Crippen molar-refractivity contribution >= 4 is 30.2 Å². The van der Waals surface area contributed by atoms with Gasteiger partial charge in [0.2, 0.25) is 12.3 Å². The Bertz CT molecular complexity index is 1100. The lowest BCUT2D eigenvalue weighted by Gasteiger charge is -2.36. The van der Waals surface area contributed by atoms with Crippen molar-refractivity contribution in [3.63, 3.8) is 0 Å². The molecule has 1 N–H and O–H groups in total. The first-order chi connectivity index (χ1) is 18.4. The lowest BCUT2D eigenvalue weighted by Crippen LogP contribution is -2.48. The van der Waals surface area contributed by atoms with Gasteiger partial charge in [0.1, 0.15) is 18.1 Å². The van der Waals surface area contributed by atoms with Crippen LogP contribution in [0.5, 0.6) is 5.75 Å². The summed E-state index contributed by atoms with van der Waals surface area (Å²) in [7, 11) is 3.07. The highest BCUT2D eigenvalue weighted by atomic mass is 16.5. The van der Waals surface area contributed by atoms with E-state index in [1.807, 2.05) is 31.2 Å². The van der Waals surface area contributed by atoms with Crippen molar-refractivity contribution in [2.75, 3.05) is 51.8 Å². The van der Waals surface area contributed by atoms with E-state index in [4.69, 9.17) is 4.74 Å². The Kier molecular flexibility index (Phi) is 10.8. The third kappa shape index (κ3) is 7.38. The largest absolute Gasteiger partial charge is 0.495 e. The second-order valence-electron chi connectivity index (χ2n) is 9.31. The fourth-order valence-corrected chi connectivity index (χ4v) is 4.67. The molecular formula is C28H37N5O5. The number of aromatic nitrogens is 1. The standard InChI is InChI=1S/C28H37N5O5/c1-21-18-23(9-11-25(21)28(37)33(20-35)26(7-5-17-34)27(36)29-2)32-15-13-31(14-16-32)12-4-6-22-8-10-24(38-3)19-30-22/h8-11,17-20,26H,4-7,12-16H2,1-3H3,(H,29,36). The Morgan fingerprint density at radius 3 is 2.50 bits per heavy atom. The van der Waals surface area contributed by atoms with Crippen LogP contribution < -0.4 is 15.0 Å². The molecule has 1 aromatic heterocycles. The lowest BCUT2D eigenvalue weighted by atomic mass is 10.0. The number of aryl methyl sites for hydroxylation is 2. The molecule has 10 nitrogen and oxygen atoms in total. The first-order valence-electron chi connectivity index (χ1n) is 12.9. The van der Waals surface area contributed by atoms with Crippen LogP contribution in [0.4, 0.5) is 5.69 Å². The summed E-state index contributed by atoms with van der Waals surface area (Å²) in [4.78, 5) is 58.1. The molecule has 2 heterocycles. The summed E-state index contributed by atoms with van der Waals surface area (Å²) in [6.45, 7) is 6.46. The van der Waals surface area contributed by atoms with E-state index in [0.717, 1.165) is 73.2 Å². The molecule has 0 bridgehead atoms. The van der Waals surface area contributed by atoms with Crippen LogP contribution in [0.15, 0.2) is 36.5 Å². The van der Waals surface area contributed by atoms with Gasteiger partial charge in [-0.15, -0.1) is 0 Å². The van der Waals surface area contributed by atoms with E-state index in [0.29, 0.717) is 18.3 Å². The molecule has 0 radical (unpaired) electrons. The number of likely N-dealkylation sites (N-methyl/N-ethyl adjacent to an activating group) is 1. The average Bonchev–Trinajstić information content (AvgIpc) is 2.95. The highest BCUT2D eigenvalue weighted by molar-refractivity contribution is 6.04. The van der Waals surface area contributed by atoms with E-state index in [-0.39, 0.29) is 12.8 Å². The molecule has 10 heteroatoms. The zero-order valence-electron chi connectivity index (χ0n) is 22.4. The number of pyridine rings is 1. The van der Waals surface area contributed by atoms with Crippen molar-refractivity contribution in [2.24, 2.45) is 0 Å². The molecule has 1 atom stereocenters.